The van der Waals surface area contributed by atoms with Crippen molar-refractivity contribution in [3.63, 3.8) is 0 Å². The molecule has 0 aliphatic carbocycles. The summed E-state index contributed by atoms with van der Waals surface area (Å²) >= 11 is 1.22. The highest BCUT2D eigenvalue weighted by molar-refractivity contribution is 7.07. The second kappa shape index (κ2) is 8.16. The highest BCUT2D eigenvalue weighted by Crippen LogP contribution is 2.30. The number of esters is 1. The van der Waals surface area contributed by atoms with Crippen molar-refractivity contribution in [2.24, 2.45) is 4.99 Å². The molecular weight excluding hydrogens is 416 g/mol. The largest absolute Gasteiger partial charge is 0.478 e. The fraction of sp³-hybridized carbons (Fsp3) is 0.130. The van der Waals surface area contributed by atoms with Gasteiger partial charge < -0.3 is 9.84 Å². The van der Waals surface area contributed by atoms with Gasteiger partial charge in [-0.2, -0.15) is 0 Å². The molecule has 0 amide bonds. The van der Waals surface area contributed by atoms with Crippen LogP contribution in [-0.2, 0) is 9.53 Å². The van der Waals surface area contributed by atoms with Gasteiger partial charge >= 0.3 is 11.9 Å². The van der Waals surface area contributed by atoms with Crippen LogP contribution in [0.2, 0.25) is 0 Å². The Hall–Kier alpha value is -3.78. The Labute approximate surface area is 180 Å². The molecule has 1 aromatic heterocycles. The number of hydrogen-bond donors (Lipinski definition) is 1. The molecule has 0 spiro atoms. The molecule has 2 heterocycles. The van der Waals surface area contributed by atoms with Crippen LogP contribution in [0.1, 0.15) is 34.5 Å². The Kier molecular flexibility index (Phi) is 5.39. The Morgan fingerprint density at radius 3 is 2.42 bits per heavy atom. The Bertz CT molecular complexity index is 1380. The van der Waals surface area contributed by atoms with Gasteiger partial charge in [-0.25, -0.2) is 14.6 Å². The van der Waals surface area contributed by atoms with Gasteiger partial charge in [0.25, 0.3) is 5.56 Å². The van der Waals surface area contributed by atoms with Gasteiger partial charge in [0.15, 0.2) is 4.80 Å². The first-order chi connectivity index (χ1) is 14.9. The maximum Gasteiger partial charge on any atom is 0.338 e. The first-order valence-electron chi connectivity index (χ1n) is 9.40. The topological polar surface area (TPSA) is 98.0 Å². The molecule has 1 aliphatic rings. The minimum Gasteiger partial charge on any atom is -0.478 e. The molecule has 8 heteroatoms. The van der Waals surface area contributed by atoms with Gasteiger partial charge in [0.2, 0.25) is 0 Å². The normalized spacial score (nSPS) is 15.9. The number of carboxylic acids is 1. The van der Waals surface area contributed by atoms with Crippen molar-refractivity contribution in [2.45, 2.75) is 13.0 Å². The maximum atomic E-state index is 13.4. The minimum absolute atomic E-state index is 0.168. The van der Waals surface area contributed by atoms with Crippen LogP contribution in [0.15, 0.2) is 75.7 Å². The number of aromatic carboxylic acids is 1. The molecular formula is C23H18N2O5S. The second-order valence-electron chi connectivity index (χ2n) is 6.91. The molecule has 1 atom stereocenters. The Balaban J connectivity index is 1.92. The predicted molar refractivity (Wildman–Crippen MR) is 116 cm³/mol. The second-order valence-corrected chi connectivity index (χ2v) is 7.92. The van der Waals surface area contributed by atoms with Gasteiger partial charge in [-0.1, -0.05) is 53.8 Å². The number of carbonyl (C=O) groups excluding carboxylic acids is 1. The Morgan fingerprint density at radius 2 is 1.81 bits per heavy atom. The summed E-state index contributed by atoms with van der Waals surface area (Å²) in [4.78, 5) is 41.9. The number of nitrogens with zero attached hydrogens (tertiary/aromatic N) is 2. The monoisotopic (exact) mass is 434 g/mol. The molecule has 156 valence electrons. The number of carboxylic acid groups (broad SMARTS) is 1. The molecule has 3 aromatic rings. The molecule has 1 unspecified atom stereocenters. The zero-order valence-corrected chi connectivity index (χ0v) is 17.6. The number of rotatable bonds is 4. The van der Waals surface area contributed by atoms with Crippen molar-refractivity contribution in [2.75, 3.05) is 7.11 Å². The summed E-state index contributed by atoms with van der Waals surface area (Å²) in [7, 11) is 1.30. The van der Waals surface area contributed by atoms with E-state index in [0.29, 0.717) is 26.2 Å². The van der Waals surface area contributed by atoms with Crippen LogP contribution < -0.4 is 14.9 Å². The fourth-order valence-electron chi connectivity index (χ4n) is 3.52. The molecule has 0 radical (unpaired) electrons. The number of allylic oxidation sites excluding steroid dienone is 1. The van der Waals surface area contributed by atoms with Crippen molar-refractivity contribution in [1.29, 1.82) is 0 Å². The van der Waals surface area contributed by atoms with E-state index in [1.165, 1.54) is 35.1 Å². The number of thiazole rings is 1. The Morgan fingerprint density at radius 1 is 1.13 bits per heavy atom. The number of fused-ring (bicyclic) bond motifs is 1. The highest BCUT2D eigenvalue weighted by Gasteiger charge is 2.32. The summed E-state index contributed by atoms with van der Waals surface area (Å²) in [6.45, 7) is 1.73. The van der Waals surface area contributed by atoms with E-state index in [9.17, 15) is 14.4 Å². The van der Waals surface area contributed by atoms with Gasteiger partial charge in [-0.3, -0.25) is 9.36 Å². The van der Waals surface area contributed by atoms with E-state index >= 15 is 0 Å². The van der Waals surface area contributed by atoms with E-state index in [-0.39, 0.29) is 11.1 Å². The van der Waals surface area contributed by atoms with Crippen LogP contribution in [0, 0.1) is 0 Å². The highest BCUT2D eigenvalue weighted by atomic mass is 32.1. The van der Waals surface area contributed by atoms with Gasteiger partial charge in [0.05, 0.1) is 34.5 Å². The van der Waals surface area contributed by atoms with E-state index in [2.05, 4.69) is 4.99 Å². The lowest BCUT2D eigenvalue weighted by Crippen LogP contribution is -2.39. The average Bonchev–Trinajstić information content (AvgIpc) is 3.07. The summed E-state index contributed by atoms with van der Waals surface area (Å²) in [5.74, 6) is -1.55. The summed E-state index contributed by atoms with van der Waals surface area (Å²) in [5.41, 5.74) is 2.17. The SMILES string of the molecule is COC(=O)C1=C(C)N=c2sc(=Cc3ccc(C(=O)O)cc3)c(=O)n2C1c1ccccc1. The number of methoxy groups -OCH3 is 1. The zero-order valence-electron chi connectivity index (χ0n) is 16.7. The minimum atomic E-state index is -1.01. The van der Waals surface area contributed by atoms with E-state index < -0.39 is 18.0 Å². The average molecular weight is 434 g/mol. The fourth-order valence-corrected chi connectivity index (χ4v) is 4.56. The first kappa shape index (κ1) is 20.5. The first-order valence-corrected chi connectivity index (χ1v) is 10.2. The van der Waals surface area contributed by atoms with Crippen LogP contribution in [0.25, 0.3) is 6.08 Å². The lowest BCUT2D eigenvalue weighted by atomic mass is 9.96. The lowest BCUT2D eigenvalue weighted by molar-refractivity contribution is -0.136. The zero-order chi connectivity index (χ0) is 22.1. The maximum absolute atomic E-state index is 13.4. The van der Waals surface area contributed by atoms with Crippen LogP contribution in [-0.4, -0.2) is 28.7 Å². The standard InChI is InChI=1S/C23H18N2O5S/c1-13-18(22(29)30-2)19(15-6-4-3-5-7-15)25-20(26)17(31-23(25)24-13)12-14-8-10-16(11-9-14)21(27)28/h3-12,19H,1-2H3,(H,27,28). The smallest absolute Gasteiger partial charge is 0.338 e. The van der Waals surface area contributed by atoms with Crippen LogP contribution >= 0.6 is 11.3 Å². The molecule has 4 rings (SSSR count). The lowest BCUT2D eigenvalue weighted by Gasteiger charge is -2.24. The summed E-state index contributed by atoms with van der Waals surface area (Å²) in [5, 5.41) is 9.06. The van der Waals surface area contributed by atoms with E-state index in [4.69, 9.17) is 9.84 Å². The van der Waals surface area contributed by atoms with Crippen LogP contribution in [0.5, 0.6) is 0 Å². The molecule has 0 saturated heterocycles. The van der Waals surface area contributed by atoms with Crippen molar-refractivity contribution in [3.8, 4) is 0 Å². The third kappa shape index (κ3) is 3.73. The molecule has 0 fully saturated rings. The number of benzene rings is 2. The molecule has 1 N–H and O–H groups in total. The summed E-state index contributed by atoms with van der Waals surface area (Å²) < 4.78 is 6.92. The molecule has 31 heavy (non-hydrogen) atoms. The van der Waals surface area contributed by atoms with Crippen molar-refractivity contribution in [3.05, 3.63) is 102 Å². The molecule has 0 saturated carbocycles. The van der Waals surface area contributed by atoms with Gasteiger partial charge in [-0.05, 0) is 36.3 Å². The number of carbonyl (C=O) groups is 2. The number of aromatic nitrogens is 1. The summed E-state index contributed by atoms with van der Waals surface area (Å²) in [6, 6.07) is 14.9. The van der Waals surface area contributed by atoms with E-state index in [1.54, 1.807) is 25.1 Å². The van der Waals surface area contributed by atoms with Crippen molar-refractivity contribution in [1.82, 2.24) is 4.57 Å². The predicted octanol–water partition coefficient (Wildman–Crippen LogP) is 2.11. The van der Waals surface area contributed by atoms with Crippen molar-refractivity contribution >= 4 is 29.4 Å². The third-order valence-electron chi connectivity index (χ3n) is 5.00. The summed E-state index contributed by atoms with van der Waals surface area (Å²) in [6.07, 6.45) is 1.69. The molecule has 2 aromatic carbocycles. The molecule has 7 nitrogen and oxygen atoms in total. The van der Waals surface area contributed by atoms with Gasteiger partial charge in [0, 0.05) is 0 Å². The van der Waals surface area contributed by atoms with Crippen molar-refractivity contribution < 1.29 is 19.4 Å². The van der Waals surface area contributed by atoms with E-state index in [1.807, 2.05) is 30.3 Å². The van der Waals surface area contributed by atoms with Crippen LogP contribution in [0.3, 0.4) is 0 Å². The quantitative estimate of drug-likeness (QED) is 0.635. The van der Waals surface area contributed by atoms with E-state index in [0.717, 1.165) is 5.56 Å². The molecule has 0 bridgehead atoms. The number of ether oxygens (including phenoxy) is 1. The van der Waals surface area contributed by atoms with Gasteiger partial charge in [0.1, 0.15) is 0 Å². The number of hydrogen-bond acceptors (Lipinski definition) is 6. The third-order valence-corrected chi connectivity index (χ3v) is 5.98. The van der Waals surface area contributed by atoms with Crippen LogP contribution in [0.4, 0.5) is 0 Å². The van der Waals surface area contributed by atoms with Gasteiger partial charge in [-0.15, -0.1) is 0 Å². The molecule has 1 aliphatic heterocycles.